The fraction of sp³-hybridized carbons (Fsp3) is 0.450. The molecule has 0 bridgehead atoms. The van der Waals surface area contributed by atoms with E-state index in [0.29, 0.717) is 11.7 Å². The monoisotopic (exact) mass is 419 g/mol. The standard InChI is InChI=1S/C20H25N3O3S2/c1-27-19-13-21-18(12-22-19)23-20(24)17(11-14-5-3-4-6-14)15-7-9-16(10-8-15)28(2,25)26/h7-10,12-14,17H,3-6,11H2,1-2H3,(H,21,23,24). The highest BCUT2D eigenvalue weighted by molar-refractivity contribution is 7.98. The first kappa shape index (κ1) is 20.8. The van der Waals surface area contributed by atoms with Crippen molar-refractivity contribution in [1.29, 1.82) is 0 Å². The van der Waals surface area contributed by atoms with Crippen LogP contribution in [0.5, 0.6) is 0 Å². The van der Waals surface area contributed by atoms with Gasteiger partial charge in [0.25, 0.3) is 0 Å². The van der Waals surface area contributed by atoms with E-state index in [0.717, 1.165) is 29.9 Å². The summed E-state index contributed by atoms with van der Waals surface area (Å²) in [6.45, 7) is 0. The largest absolute Gasteiger partial charge is 0.309 e. The molecule has 1 aromatic heterocycles. The normalized spacial score (nSPS) is 16.1. The number of anilines is 1. The van der Waals surface area contributed by atoms with Gasteiger partial charge >= 0.3 is 0 Å². The van der Waals surface area contributed by atoms with Gasteiger partial charge in [0.05, 0.1) is 23.2 Å². The van der Waals surface area contributed by atoms with Crippen molar-refractivity contribution in [3.8, 4) is 0 Å². The molecule has 1 N–H and O–H groups in total. The number of rotatable bonds is 7. The Morgan fingerprint density at radius 2 is 1.86 bits per heavy atom. The zero-order valence-electron chi connectivity index (χ0n) is 16.1. The second-order valence-electron chi connectivity index (χ2n) is 7.21. The van der Waals surface area contributed by atoms with Gasteiger partial charge in [-0.3, -0.25) is 4.79 Å². The molecule has 3 rings (SSSR count). The molecule has 0 spiro atoms. The average Bonchev–Trinajstić information content (AvgIpc) is 3.19. The topological polar surface area (TPSA) is 89.0 Å². The van der Waals surface area contributed by atoms with Crippen molar-refractivity contribution in [2.24, 2.45) is 5.92 Å². The van der Waals surface area contributed by atoms with E-state index in [1.165, 1.54) is 30.9 Å². The maximum atomic E-state index is 13.0. The molecule has 28 heavy (non-hydrogen) atoms. The predicted molar refractivity (Wildman–Crippen MR) is 111 cm³/mol. The summed E-state index contributed by atoms with van der Waals surface area (Å²) in [6, 6.07) is 6.65. The van der Waals surface area contributed by atoms with Crippen molar-refractivity contribution in [3.05, 3.63) is 42.2 Å². The summed E-state index contributed by atoms with van der Waals surface area (Å²) < 4.78 is 23.4. The highest BCUT2D eigenvalue weighted by Crippen LogP contribution is 2.35. The Balaban J connectivity index is 1.81. The van der Waals surface area contributed by atoms with Crippen LogP contribution in [0.1, 0.15) is 43.6 Å². The van der Waals surface area contributed by atoms with Crippen LogP contribution >= 0.6 is 11.8 Å². The van der Waals surface area contributed by atoms with Crippen LogP contribution < -0.4 is 5.32 Å². The molecular weight excluding hydrogens is 394 g/mol. The number of aromatic nitrogens is 2. The maximum absolute atomic E-state index is 13.0. The zero-order chi connectivity index (χ0) is 20.1. The molecule has 150 valence electrons. The van der Waals surface area contributed by atoms with Crippen LogP contribution in [-0.2, 0) is 14.6 Å². The van der Waals surface area contributed by atoms with Gasteiger partial charge in [-0.25, -0.2) is 18.4 Å². The molecule has 1 saturated carbocycles. The third-order valence-corrected chi connectivity index (χ3v) is 6.92. The van der Waals surface area contributed by atoms with E-state index < -0.39 is 9.84 Å². The van der Waals surface area contributed by atoms with Gasteiger partial charge in [0.2, 0.25) is 5.91 Å². The van der Waals surface area contributed by atoms with Crippen LogP contribution in [0.3, 0.4) is 0 Å². The van der Waals surface area contributed by atoms with Crippen molar-refractivity contribution in [1.82, 2.24) is 9.97 Å². The molecule has 2 aromatic rings. The second kappa shape index (κ2) is 9.05. The molecule has 1 aromatic carbocycles. The van der Waals surface area contributed by atoms with Crippen molar-refractivity contribution >= 4 is 33.3 Å². The van der Waals surface area contributed by atoms with E-state index >= 15 is 0 Å². The van der Waals surface area contributed by atoms with Gasteiger partial charge in [0, 0.05) is 6.26 Å². The fourth-order valence-electron chi connectivity index (χ4n) is 3.62. The molecular formula is C20H25N3O3S2. The number of nitrogens with one attached hydrogen (secondary N) is 1. The van der Waals surface area contributed by atoms with Crippen molar-refractivity contribution in [3.63, 3.8) is 0 Å². The van der Waals surface area contributed by atoms with E-state index in [1.807, 2.05) is 6.26 Å². The van der Waals surface area contributed by atoms with E-state index in [2.05, 4.69) is 15.3 Å². The van der Waals surface area contributed by atoms with Crippen molar-refractivity contribution in [2.45, 2.75) is 47.9 Å². The number of nitrogens with zero attached hydrogens (tertiary/aromatic N) is 2. The molecule has 0 saturated heterocycles. The van der Waals surface area contributed by atoms with Gasteiger partial charge in [0.15, 0.2) is 15.7 Å². The molecule has 1 aliphatic rings. The minimum Gasteiger partial charge on any atom is -0.309 e. The number of amides is 1. The van der Waals surface area contributed by atoms with Crippen LogP contribution in [0.25, 0.3) is 0 Å². The molecule has 1 amide bonds. The Hall–Kier alpha value is -1.93. The maximum Gasteiger partial charge on any atom is 0.233 e. The summed E-state index contributed by atoms with van der Waals surface area (Å²) in [5.41, 5.74) is 0.825. The predicted octanol–water partition coefficient (Wildman–Crippen LogP) is 3.90. The summed E-state index contributed by atoms with van der Waals surface area (Å²) >= 11 is 1.49. The smallest absolute Gasteiger partial charge is 0.233 e. The summed E-state index contributed by atoms with van der Waals surface area (Å²) in [4.78, 5) is 21.8. The summed E-state index contributed by atoms with van der Waals surface area (Å²) in [6.07, 6.45) is 11.7. The Kier molecular flexibility index (Phi) is 6.72. The van der Waals surface area contributed by atoms with Gasteiger partial charge in [0.1, 0.15) is 5.03 Å². The Morgan fingerprint density at radius 1 is 1.18 bits per heavy atom. The quantitative estimate of drug-likeness (QED) is 0.685. The van der Waals surface area contributed by atoms with Crippen LogP contribution in [0.4, 0.5) is 5.82 Å². The molecule has 1 fully saturated rings. The first-order chi connectivity index (χ1) is 13.4. The first-order valence-corrected chi connectivity index (χ1v) is 12.5. The van der Waals surface area contributed by atoms with Gasteiger partial charge in [-0.2, -0.15) is 0 Å². The summed E-state index contributed by atoms with van der Waals surface area (Å²) in [5, 5.41) is 3.66. The number of hydrogen-bond acceptors (Lipinski definition) is 6. The Bertz CT molecular complexity index is 907. The molecule has 1 atom stereocenters. The van der Waals surface area contributed by atoms with E-state index in [1.54, 1.807) is 36.7 Å². The molecule has 6 nitrogen and oxygen atoms in total. The SMILES string of the molecule is CSc1cnc(NC(=O)C(CC2CCCC2)c2ccc(S(C)(=O)=O)cc2)cn1. The van der Waals surface area contributed by atoms with Gasteiger partial charge in [-0.05, 0) is 36.3 Å². The van der Waals surface area contributed by atoms with E-state index in [4.69, 9.17) is 0 Å². The van der Waals surface area contributed by atoms with Gasteiger partial charge in [-0.1, -0.05) is 37.8 Å². The lowest BCUT2D eigenvalue weighted by Gasteiger charge is -2.20. The molecule has 1 unspecified atom stereocenters. The highest BCUT2D eigenvalue weighted by Gasteiger charge is 2.27. The van der Waals surface area contributed by atoms with Gasteiger partial charge in [-0.15, -0.1) is 11.8 Å². The van der Waals surface area contributed by atoms with E-state index in [9.17, 15) is 13.2 Å². The lowest BCUT2D eigenvalue weighted by molar-refractivity contribution is -0.118. The summed E-state index contributed by atoms with van der Waals surface area (Å²) in [7, 11) is -3.26. The van der Waals surface area contributed by atoms with Crippen LogP contribution in [0.2, 0.25) is 0 Å². The molecule has 1 heterocycles. The van der Waals surface area contributed by atoms with Crippen LogP contribution in [0.15, 0.2) is 46.6 Å². The number of thioether (sulfide) groups is 1. The Morgan fingerprint density at radius 3 is 2.39 bits per heavy atom. The fourth-order valence-corrected chi connectivity index (χ4v) is 4.57. The Labute approximate surface area is 170 Å². The number of carbonyl (C=O) groups excluding carboxylic acids is 1. The average molecular weight is 420 g/mol. The number of sulfone groups is 1. The molecule has 0 aliphatic heterocycles. The highest BCUT2D eigenvalue weighted by atomic mass is 32.2. The minimum atomic E-state index is -3.26. The number of hydrogen-bond donors (Lipinski definition) is 1. The van der Waals surface area contributed by atoms with Crippen LogP contribution in [-0.4, -0.2) is 36.8 Å². The van der Waals surface area contributed by atoms with Crippen molar-refractivity contribution < 1.29 is 13.2 Å². The van der Waals surface area contributed by atoms with Crippen molar-refractivity contribution in [2.75, 3.05) is 17.8 Å². The summed E-state index contributed by atoms with van der Waals surface area (Å²) in [5.74, 6) is 0.450. The van der Waals surface area contributed by atoms with Gasteiger partial charge < -0.3 is 5.32 Å². The number of benzene rings is 1. The molecule has 0 radical (unpaired) electrons. The third-order valence-electron chi connectivity index (χ3n) is 5.16. The molecule has 8 heteroatoms. The zero-order valence-corrected chi connectivity index (χ0v) is 17.7. The molecule has 1 aliphatic carbocycles. The first-order valence-electron chi connectivity index (χ1n) is 9.33. The second-order valence-corrected chi connectivity index (χ2v) is 10.1. The number of carbonyl (C=O) groups is 1. The minimum absolute atomic E-state index is 0.134. The lowest BCUT2D eigenvalue weighted by atomic mass is 9.87. The van der Waals surface area contributed by atoms with E-state index in [-0.39, 0.29) is 16.7 Å². The third kappa shape index (κ3) is 5.32. The lowest BCUT2D eigenvalue weighted by Crippen LogP contribution is -2.23. The van der Waals surface area contributed by atoms with Crippen LogP contribution in [0, 0.1) is 5.92 Å².